The van der Waals surface area contributed by atoms with Crippen LogP contribution in [0, 0.1) is 0 Å². The van der Waals surface area contributed by atoms with Gasteiger partial charge in [0.05, 0.1) is 10.0 Å². The van der Waals surface area contributed by atoms with Crippen LogP contribution in [0.3, 0.4) is 0 Å². The van der Waals surface area contributed by atoms with Gasteiger partial charge in [-0.05, 0) is 36.5 Å². The molecule has 1 atom stereocenters. The summed E-state index contributed by atoms with van der Waals surface area (Å²) < 4.78 is 0. The van der Waals surface area contributed by atoms with E-state index in [-0.39, 0.29) is 6.04 Å². The quantitative estimate of drug-likeness (QED) is 0.707. The molecular formula is C10H11Cl2N. The van der Waals surface area contributed by atoms with Gasteiger partial charge in [-0.1, -0.05) is 29.3 Å². The van der Waals surface area contributed by atoms with E-state index in [0.717, 1.165) is 24.8 Å². The van der Waals surface area contributed by atoms with Gasteiger partial charge < -0.3 is 5.73 Å². The van der Waals surface area contributed by atoms with Crippen molar-refractivity contribution in [1.82, 2.24) is 0 Å². The van der Waals surface area contributed by atoms with E-state index in [1.54, 1.807) is 0 Å². The first-order chi connectivity index (χ1) is 6.20. The van der Waals surface area contributed by atoms with E-state index in [1.807, 2.05) is 12.1 Å². The Morgan fingerprint density at radius 3 is 2.85 bits per heavy atom. The first kappa shape index (κ1) is 9.32. The molecule has 13 heavy (non-hydrogen) atoms. The Bertz CT molecular complexity index is 336. The molecule has 0 aromatic heterocycles. The van der Waals surface area contributed by atoms with Crippen LogP contribution >= 0.6 is 23.2 Å². The summed E-state index contributed by atoms with van der Waals surface area (Å²) in [4.78, 5) is 0. The number of fused-ring (bicyclic) bond motifs is 1. The number of rotatable bonds is 0. The fourth-order valence-corrected chi connectivity index (χ4v) is 2.37. The van der Waals surface area contributed by atoms with Crippen molar-refractivity contribution in [2.24, 2.45) is 5.73 Å². The Hall–Kier alpha value is -0.240. The third-order valence-corrected chi connectivity index (χ3v) is 3.37. The van der Waals surface area contributed by atoms with E-state index < -0.39 is 0 Å². The summed E-state index contributed by atoms with van der Waals surface area (Å²) in [5.74, 6) is 0. The van der Waals surface area contributed by atoms with Gasteiger partial charge in [0.25, 0.3) is 0 Å². The third kappa shape index (κ3) is 1.56. The maximum Gasteiger partial charge on any atom is 0.0642 e. The standard InChI is InChI=1S/C10H11Cl2N/c11-7-5-4-6-2-1-3-8(13)9(6)10(7)12/h4-5,8H,1-3,13H2/t8-/m1/s1. The molecule has 1 aromatic carbocycles. The van der Waals surface area contributed by atoms with Crippen LogP contribution in [-0.4, -0.2) is 0 Å². The van der Waals surface area contributed by atoms with Gasteiger partial charge in [-0.3, -0.25) is 0 Å². The second kappa shape index (κ2) is 3.49. The van der Waals surface area contributed by atoms with Crippen LogP contribution in [0.25, 0.3) is 0 Å². The number of nitrogens with two attached hydrogens (primary N) is 1. The first-order valence-corrected chi connectivity index (χ1v) is 5.18. The van der Waals surface area contributed by atoms with Crippen LogP contribution in [0.2, 0.25) is 10.0 Å². The molecule has 0 heterocycles. The highest BCUT2D eigenvalue weighted by Crippen LogP contribution is 2.37. The Kier molecular flexibility index (Phi) is 2.50. The minimum Gasteiger partial charge on any atom is -0.324 e. The molecule has 0 unspecified atom stereocenters. The molecule has 1 aromatic rings. The van der Waals surface area contributed by atoms with Crippen LogP contribution < -0.4 is 5.73 Å². The molecular weight excluding hydrogens is 205 g/mol. The van der Waals surface area contributed by atoms with Crippen LogP contribution in [0.1, 0.15) is 30.0 Å². The molecule has 0 fully saturated rings. The fraction of sp³-hybridized carbons (Fsp3) is 0.400. The molecule has 0 bridgehead atoms. The summed E-state index contributed by atoms with van der Waals surface area (Å²) in [6, 6.07) is 3.94. The van der Waals surface area contributed by atoms with Gasteiger partial charge in [-0.25, -0.2) is 0 Å². The predicted octanol–water partition coefficient (Wildman–Crippen LogP) is 3.33. The normalized spacial score (nSPS) is 21.3. The summed E-state index contributed by atoms with van der Waals surface area (Å²) in [6.45, 7) is 0. The van der Waals surface area contributed by atoms with Crippen LogP contribution in [0.15, 0.2) is 12.1 Å². The number of hydrogen-bond acceptors (Lipinski definition) is 1. The Morgan fingerprint density at radius 2 is 2.08 bits per heavy atom. The largest absolute Gasteiger partial charge is 0.324 e. The second-order valence-corrected chi connectivity index (χ2v) is 4.22. The van der Waals surface area contributed by atoms with Crippen molar-refractivity contribution in [3.63, 3.8) is 0 Å². The number of hydrogen-bond donors (Lipinski definition) is 1. The minimum atomic E-state index is 0.0648. The van der Waals surface area contributed by atoms with Gasteiger partial charge in [-0.2, -0.15) is 0 Å². The summed E-state index contributed by atoms with van der Waals surface area (Å²) in [5, 5.41) is 1.25. The highest BCUT2D eigenvalue weighted by molar-refractivity contribution is 6.42. The zero-order valence-electron chi connectivity index (χ0n) is 7.19. The topological polar surface area (TPSA) is 26.0 Å². The van der Waals surface area contributed by atoms with Crippen LogP contribution in [0.4, 0.5) is 0 Å². The van der Waals surface area contributed by atoms with Crippen molar-refractivity contribution in [2.75, 3.05) is 0 Å². The van der Waals surface area contributed by atoms with Crippen molar-refractivity contribution in [3.8, 4) is 0 Å². The van der Waals surface area contributed by atoms with E-state index in [4.69, 9.17) is 28.9 Å². The van der Waals surface area contributed by atoms with Crippen molar-refractivity contribution in [2.45, 2.75) is 25.3 Å². The van der Waals surface area contributed by atoms with Gasteiger partial charge in [0, 0.05) is 6.04 Å². The molecule has 70 valence electrons. The average Bonchev–Trinajstić information content (AvgIpc) is 2.12. The number of benzene rings is 1. The third-order valence-electron chi connectivity index (χ3n) is 2.55. The Balaban J connectivity index is 2.58. The molecule has 2 rings (SSSR count). The lowest BCUT2D eigenvalue weighted by Gasteiger charge is -2.23. The zero-order chi connectivity index (χ0) is 9.42. The molecule has 1 aliphatic rings. The van der Waals surface area contributed by atoms with Crippen molar-refractivity contribution in [3.05, 3.63) is 33.3 Å². The second-order valence-electron chi connectivity index (χ2n) is 3.43. The molecule has 0 aliphatic heterocycles. The van der Waals surface area contributed by atoms with Gasteiger partial charge in [0.1, 0.15) is 0 Å². The van der Waals surface area contributed by atoms with Crippen molar-refractivity contribution < 1.29 is 0 Å². The monoisotopic (exact) mass is 215 g/mol. The molecule has 0 radical (unpaired) electrons. The lowest BCUT2D eigenvalue weighted by Crippen LogP contribution is -2.17. The summed E-state index contributed by atoms with van der Waals surface area (Å²) in [6.07, 6.45) is 3.22. The van der Waals surface area contributed by atoms with Crippen LogP contribution in [0.5, 0.6) is 0 Å². The summed E-state index contributed by atoms with van der Waals surface area (Å²) in [5.41, 5.74) is 8.29. The van der Waals surface area contributed by atoms with Gasteiger partial charge in [-0.15, -0.1) is 0 Å². The average molecular weight is 216 g/mol. The first-order valence-electron chi connectivity index (χ1n) is 4.42. The predicted molar refractivity (Wildman–Crippen MR) is 56.3 cm³/mol. The van der Waals surface area contributed by atoms with E-state index in [0.29, 0.717) is 10.0 Å². The van der Waals surface area contributed by atoms with Gasteiger partial charge >= 0.3 is 0 Å². The van der Waals surface area contributed by atoms with Crippen LogP contribution in [-0.2, 0) is 6.42 Å². The molecule has 1 aliphatic carbocycles. The molecule has 0 spiro atoms. The van der Waals surface area contributed by atoms with E-state index in [9.17, 15) is 0 Å². The summed E-state index contributed by atoms with van der Waals surface area (Å²) in [7, 11) is 0. The van der Waals surface area contributed by atoms with E-state index in [1.165, 1.54) is 5.56 Å². The fourth-order valence-electron chi connectivity index (χ4n) is 1.88. The van der Waals surface area contributed by atoms with Gasteiger partial charge in [0.2, 0.25) is 0 Å². The van der Waals surface area contributed by atoms with Crippen molar-refractivity contribution >= 4 is 23.2 Å². The molecule has 1 nitrogen and oxygen atoms in total. The number of halogens is 2. The smallest absolute Gasteiger partial charge is 0.0642 e. The van der Waals surface area contributed by atoms with Crippen molar-refractivity contribution in [1.29, 1.82) is 0 Å². The molecule has 2 N–H and O–H groups in total. The zero-order valence-corrected chi connectivity index (χ0v) is 8.70. The highest BCUT2D eigenvalue weighted by atomic mass is 35.5. The molecule has 0 saturated heterocycles. The summed E-state index contributed by atoms with van der Waals surface area (Å²) >= 11 is 12.0. The number of aryl methyl sites for hydroxylation is 1. The lowest BCUT2D eigenvalue weighted by atomic mass is 9.88. The maximum atomic E-state index is 6.09. The molecule has 0 amide bonds. The minimum absolute atomic E-state index is 0.0648. The molecule has 3 heteroatoms. The van der Waals surface area contributed by atoms with E-state index in [2.05, 4.69) is 0 Å². The van der Waals surface area contributed by atoms with Gasteiger partial charge in [0.15, 0.2) is 0 Å². The lowest BCUT2D eigenvalue weighted by molar-refractivity contribution is 0.571. The molecule has 0 saturated carbocycles. The maximum absolute atomic E-state index is 6.09. The Labute approximate surface area is 87.8 Å². The SMILES string of the molecule is N[C@@H]1CCCc2ccc(Cl)c(Cl)c21. The van der Waals surface area contributed by atoms with E-state index >= 15 is 0 Å². The Morgan fingerprint density at radius 1 is 1.31 bits per heavy atom. The highest BCUT2D eigenvalue weighted by Gasteiger charge is 2.20.